The first-order chi connectivity index (χ1) is 11.3. The van der Waals surface area contributed by atoms with Crippen LogP contribution >= 0.6 is 0 Å². The van der Waals surface area contributed by atoms with Gasteiger partial charge < -0.3 is 10.1 Å². The van der Waals surface area contributed by atoms with Crippen LogP contribution in [0.4, 0.5) is 0 Å². The van der Waals surface area contributed by atoms with Gasteiger partial charge >= 0.3 is 0 Å². The normalized spacial score (nSPS) is 34.0. The van der Waals surface area contributed by atoms with Crippen LogP contribution in [0.2, 0.25) is 0 Å². The molecule has 1 aliphatic carbocycles. The number of hydrogen-bond donors (Lipinski definition) is 2. The zero-order chi connectivity index (χ0) is 15.4. The highest BCUT2D eigenvalue weighted by molar-refractivity contribution is 5.85. The van der Waals surface area contributed by atoms with Gasteiger partial charge in [-0.05, 0) is 55.1 Å². The summed E-state index contributed by atoms with van der Waals surface area (Å²) in [4.78, 5) is 6.46. The average Bonchev–Trinajstić information content (AvgIpc) is 2.98. The number of para-hydroxylation sites is 1. The lowest BCUT2D eigenvalue weighted by molar-refractivity contribution is -0.0141. The van der Waals surface area contributed by atoms with Gasteiger partial charge in [-0.1, -0.05) is 24.6 Å². The molecule has 1 aromatic carbocycles. The smallest absolute Gasteiger partial charge is 0.0504 e. The summed E-state index contributed by atoms with van der Waals surface area (Å²) in [6, 6.07) is 9.30. The first-order valence-electron chi connectivity index (χ1n) is 9.29. The number of nitrogens with zero attached hydrogens (tertiary/aromatic N) is 1. The molecule has 0 amide bonds. The molecule has 2 aliphatic heterocycles. The highest BCUT2D eigenvalue weighted by Crippen LogP contribution is 2.48. The Bertz CT molecular complexity index is 722. The Labute approximate surface area is 137 Å². The highest BCUT2D eigenvalue weighted by Gasteiger charge is 2.43. The minimum absolute atomic E-state index is 0.382. The number of piperidine rings is 1. The Morgan fingerprint density at radius 3 is 3.04 bits per heavy atom. The lowest BCUT2D eigenvalue weighted by atomic mass is 9.66. The molecule has 4 atom stereocenters. The molecule has 23 heavy (non-hydrogen) atoms. The molecule has 3 heterocycles. The standard InChI is InChI=1S/C20H26N2O/c23-12-14-5-3-4-13-11-22-9-8-16-15-6-1-2-7-18(15)21-20(16)19(22)10-17(13)14/h1-2,6-7,13-14,17,19,21,23H,3-5,8-12H2/t13?,14-,17+,19+/m1/s1. The number of benzene rings is 1. The van der Waals surface area contributed by atoms with Gasteiger partial charge in [-0.25, -0.2) is 0 Å². The summed E-state index contributed by atoms with van der Waals surface area (Å²) < 4.78 is 0. The van der Waals surface area contributed by atoms with Crippen LogP contribution in [0.1, 0.15) is 43.0 Å². The molecule has 1 saturated carbocycles. The number of fused-ring (bicyclic) bond motifs is 6. The Morgan fingerprint density at radius 2 is 2.13 bits per heavy atom. The second-order valence-corrected chi connectivity index (χ2v) is 7.86. The predicted molar refractivity (Wildman–Crippen MR) is 92.3 cm³/mol. The van der Waals surface area contributed by atoms with E-state index in [9.17, 15) is 5.11 Å². The Balaban J connectivity index is 1.54. The fraction of sp³-hybridized carbons (Fsp3) is 0.600. The van der Waals surface area contributed by atoms with Crippen molar-refractivity contribution in [1.82, 2.24) is 9.88 Å². The molecule has 122 valence electrons. The van der Waals surface area contributed by atoms with Gasteiger partial charge in [0.2, 0.25) is 0 Å². The molecule has 2 aromatic rings. The SMILES string of the molecule is OC[C@H]1CCCC2CN3CCc4c([nH]c5ccccc45)[C@@H]3C[C@@H]21. The third-order valence-electron chi connectivity index (χ3n) is 6.83. The lowest BCUT2D eigenvalue weighted by Crippen LogP contribution is -2.49. The predicted octanol–water partition coefficient (Wildman–Crippen LogP) is 3.50. The largest absolute Gasteiger partial charge is 0.396 e. The van der Waals surface area contributed by atoms with Gasteiger partial charge in [0.15, 0.2) is 0 Å². The van der Waals surface area contributed by atoms with Crippen LogP contribution in [0.5, 0.6) is 0 Å². The van der Waals surface area contributed by atoms with E-state index in [1.807, 2.05) is 0 Å². The molecule has 0 bridgehead atoms. The number of hydrogen-bond acceptors (Lipinski definition) is 2. The van der Waals surface area contributed by atoms with Crippen molar-refractivity contribution >= 4 is 10.9 Å². The number of aliphatic hydroxyl groups excluding tert-OH is 1. The first-order valence-corrected chi connectivity index (χ1v) is 9.29. The van der Waals surface area contributed by atoms with Crippen LogP contribution < -0.4 is 0 Å². The summed E-state index contributed by atoms with van der Waals surface area (Å²) in [5.74, 6) is 2.06. The topological polar surface area (TPSA) is 39.3 Å². The van der Waals surface area contributed by atoms with Crippen LogP contribution in [-0.2, 0) is 6.42 Å². The Morgan fingerprint density at radius 1 is 1.22 bits per heavy atom. The van der Waals surface area contributed by atoms with E-state index in [1.54, 1.807) is 5.56 Å². The highest BCUT2D eigenvalue weighted by atomic mass is 16.3. The Hall–Kier alpha value is -1.32. The number of nitrogens with one attached hydrogen (secondary N) is 1. The minimum Gasteiger partial charge on any atom is -0.396 e. The van der Waals surface area contributed by atoms with E-state index in [2.05, 4.69) is 34.1 Å². The van der Waals surface area contributed by atoms with Gasteiger partial charge in [0.05, 0.1) is 6.04 Å². The van der Waals surface area contributed by atoms with Crippen LogP contribution in [0.25, 0.3) is 10.9 Å². The summed E-state index contributed by atoms with van der Waals surface area (Å²) in [6.45, 7) is 2.82. The fourth-order valence-electron chi connectivity index (χ4n) is 5.71. The van der Waals surface area contributed by atoms with Gasteiger partial charge in [-0.15, -0.1) is 0 Å². The third-order valence-corrected chi connectivity index (χ3v) is 6.83. The lowest BCUT2D eigenvalue weighted by Gasteiger charge is -2.50. The van der Waals surface area contributed by atoms with Gasteiger partial charge in [0.1, 0.15) is 0 Å². The molecule has 3 nitrogen and oxygen atoms in total. The maximum absolute atomic E-state index is 9.81. The van der Waals surface area contributed by atoms with E-state index >= 15 is 0 Å². The molecular formula is C20H26N2O. The first kappa shape index (κ1) is 14.1. The second-order valence-electron chi connectivity index (χ2n) is 7.86. The van der Waals surface area contributed by atoms with Gasteiger partial charge in [0.25, 0.3) is 0 Å². The molecule has 2 fully saturated rings. The third kappa shape index (κ3) is 2.10. The van der Waals surface area contributed by atoms with Crippen molar-refractivity contribution in [2.75, 3.05) is 19.7 Å². The summed E-state index contributed by atoms with van der Waals surface area (Å²) in [7, 11) is 0. The zero-order valence-corrected chi connectivity index (χ0v) is 13.7. The van der Waals surface area contributed by atoms with E-state index < -0.39 is 0 Å². The van der Waals surface area contributed by atoms with Crippen LogP contribution in [0, 0.1) is 17.8 Å². The monoisotopic (exact) mass is 310 g/mol. The molecule has 1 unspecified atom stereocenters. The van der Waals surface area contributed by atoms with E-state index in [0.717, 1.165) is 5.92 Å². The van der Waals surface area contributed by atoms with E-state index in [4.69, 9.17) is 0 Å². The number of rotatable bonds is 1. The van der Waals surface area contributed by atoms with E-state index in [-0.39, 0.29) is 0 Å². The van der Waals surface area contributed by atoms with Crippen molar-refractivity contribution in [1.29, 1.82) is 0 Å². The molecule has 3 heteroatoms. The number of aromatic nitrogens is 1. The summed E-state index contributed by atoms with van der Waals surface area (Å²) in [5, 5.41) is 11.2. The van der Waals surface area contributed by atoms with E-state index in [0.29, 0.717) is 24.5 Å². The number of H-pyrrole nitrogens is 1. The molecule has 0 radical (unpaired) electrons. The van der Waals surface area contributed by atoms with Crippen LogP contribution in [0.15, 0.2) is 24.3 Å². The molecule has 0 spiro atoms. The maximum Gasteiger partial charge on any atom is 0.0504 e. The number of aromatic amines is 1. The fourth-order valence-corrected chi connectivity index (χ4v) is 5.71. The van der Waals surface area contributed by atoms with Crippen molar-refractivity contribution < 1.29 is 5.11 Å². The Kier molecular flexibility index (Phi) is 3.27. The van der Waals surface area contributed by atoms with Crippen LogP contribution in [0.3, 0.4) is 0 Å². The molecule has 1 aromatic heterocycles. The van der Waals surface area contributed by atoms with Crippen LogP contribution in [-0.4, -0.2) is 34.7 Å². The quantitative estimate of drug-likeness (QED) is 0.846. The number of aliphatic hydroxyl groups is 1. The van der Waals surface area contributed by atoms with E-state index in [1.165, 1.54) is 61.8 Å². The minimum atomic E-state index is 0.382. The molecule has 5 rings (SSSR count). The van der Waals surface area contributed by atoms with Crippen molar-refractivity contribution in [2.24, 2.45) is 17.8 Å². The van der Waals surface area contributed by atoms with Gasteiger partial charge in [-0.3, -0.25) is 4.90 Å². The zero-order valence-electron chi connectivity index (χ0n) is 13.7. The van der Waals surface area contributed by atoms with Crippen molar-refractivity contribution in [3.05, 3.63) is 35.5 Å². The second kappa shape index (κ2) is 5.35. The van der Waals surface area contributed by atoms with Gasteiger partial charge in [-0.2, -0.15) is 0 Å². The van der Waals surface area contributed by atoms with Crippen molar-refractivity contribution in [3.8, 4) is 0 Å². The van der Waals surface area contributed by atoms with Gasteiger partial charge in [0, 0.05) is 36.3 Å². The average molecular weight is 310 g/mol. The molecule has 3 aliphatic rings. The van der Waals surface area contributed by atoms with Crippen molar-refractivity contribution in [3.63, 3.8) is 0 Å². The summed E-state index contributed by atoms with van der Waals surface area (Å²) in [6.07, 6.45) is 6.31. The summed E-state index contributed by atoms with van der Waals surface area (Å²) in [5.41, 5.74) is 4.32. The molecule has 1 saturated heterocycles. The van der Waals surface area contributed by atoms with Crippen molar-refractivity contribution in [2.45, 2.75) is 38.1 Å². The maximum atomic E-state index is 9.81. The molecular weight excluding hydrogens is 284 g/mol. The molecule has 2 N–H and O–H groups in total. The summed E-state index contributed by atoms with van der Waals surface area (Å²) >= 11 is 0.